The van der Waals surface area contributed by atoms with E-state index in [4.69, 9.17) is 21.1 Å². The second kappa shape index (κ2) is 9.07. The first-order valence-corrected chi connectivity index (χ1v) is 10.0. The van der Waals surface area contributed by atoms with Crippen LogP contribution in [0.4, 0.5) is 11.4 Å². The van der Waals surface area contributed by atoms with Gasteiger partial charge in [0.05, 0.1) is 22.2 Å². The molecule has 1 atom stereocenters. The highest BCUT2D eigenvalue weighted by molar-refractivity contribution is 6.32. The third-order valence-corrected chi connectivity index (χ3v) is 5.31. The highest BCUT2D eigenvalue weighted by atomic mass is 35.5. The Hall–Kier alpha value is -3.91. The van der Waals surface area contributed by atoms with Crippen LogP contribution in [0.15, 0.2) is 72.8 Å². The summed E-state index contributed by atoms with van der Waals surface area (Å²) in [6.07, 6.45) is 0. The fraction of sp³-hybridized carbons (Fsp3) is 0.130. The second-order valence-electron chi connectivity index (χ2n) is 6.97. The average molecular weight is 453 g/mol. The Balaban J connectivity index is 1.56. The zero-order valence-electron chi connectivity index (χ0n) is 16.6. The van der Waals surface area contributed by atoms with Crippen LogP contribution in [0.3, 0.4) is 0 Å². The van der Waals surface area contributed by atoms with Gasteiger partial charge in [-0.1, -0.05) is 54.1 Å². The minimum absolute atomic E-state index is 0.0733. The Morgan fingerprint density at radius 2 is 1.81 bits per heavy atom. The molecule has 4 rings (SSSR count). The van der Waals surface area contributed by atoms with Crippen molar-refractivity contribution in [1.82, 2.24) is 0 Å². The second-order valence-corrected chi connectivity index (χ2v) is 7.38. The molecule has 3 aromatic rings. The number of nitro groups is 1. The Morgan fingerprint density at radius 1 is 1.09 bits per heavy atom. The van der Waals surface area contributed by atoms with Crippen molar-refractivity contribution >= 4 is 34.9 Å². The van der Waals surface area contributed by atoms with Crippen LogP contribution in [0.25, 0.3) is 0 Å². The summed E-state index contributed by atoms with van der Waals surface area (Å²) in [5.74, 6) is -0.768. The maximum atomic E-state index is 13.2. The molecular weight excluding hydrogens is 436 g/mol. The molecule has 162 valence electrons. The lowest BCUT2D eigenvalue weighted by atomic mass is 10.0. The van der Waals surface area contributed by atoms with Gasteiger partial charge in [-0.25, -0.2) is 4.79 Å². The van der Waals surface area contributed by atoms with Gasteiger partial charge in [-0.2, -0.15) is 0 Å². The lowest BCUT2D eigenvalue weighted by molar-refractivity contribution is -0.384. The number of nitro benzene ring substituents is 1. The molecule has 0 N–H and O–H groups in total. The maximum Gasteiger partial charge on any atom is 0.338 e. The molecule has 9 heteroatoms. The number of esters is 1. The van der Waals surface area contributed by atoms with E-state index in [0.717, 1.165) is 11.6 Å². The highest BCUT2D eigenvalue weighted by Gasteiger charge is 2.33. The number of hydrogen-bond donors (Lipinski definition) is 0. The van der Waals surface area contributed by atoms with Gasteiger partial charge in [-0.3, -0.25) is 19.8 Å². The number of carbonyl (C=O) groups excluding carboxylic acids is 2. The van der Waals surface area contributed by atoms with Gasteiger partial charge in [0.1, 0.15) is 17.4 Å². The number of para-hydroxylation sites is 2. The fourth-order valence-electron chi connectivity index (χ4n) is 3.48. The minimum atomic E-state index is -0.865. The van der Waals surface area contributed by atoms with Crippen LogP contribution in [0.5, 0.6) is 5.75 Å². The zero-order chi connectivity index (χ0) is 22.7. The number of halogens is 1. The lowest BCUT2D eigenvalue weighted by Crippen LogP contribution is -2.43. The molecule has 1 amide bonds. The van der Waals surface area contributed by atoms with Crippen molar-refractivity contribution in [2.24, 2.45) is 0 Å². The van der Waals surface area contributed by atoms with Gasteiger partial charge < -0.3 is 9.47 Å². The molecule has 1 heterocycles. The van der Waals surface area contributed by atoms with E-state index in [9.17, 15) is 19.7 Å². The molecule has 0 aromatic heterocycles. The van der Waals surface area contributed by atoms with Crippen LogP contribution >= 0.6 is 11.6 Å². The van der Waals surface area contributed by atoms with Gasteiger partial charge in [-0.05, 0) is 29.8 Å². The van der Waals surface area contributed by atoms with Gasteiger partial charge in [-0.15, -0.1) is 0 Å². The number of hydrogen-bond acceptors (Lipinski definition) is 6. The van der Waals surface area contributed by atoms with Crippen LogP contribution in [-0.4, -0.2) is 30.0 Å². The van der Waals surface area contributed by atoms with Crippen LogP contribution in [0, 0.1) is 10.1 Å². The Morgan fingerprint density at radius 3 is 2.56 bits per heavy atom. The predicted molar refractivity (Wildman–Crippen MR) is 117 cm³/mol. The standard InChI is InChI=1S/C23H17ClN2O6/c24-17-11-10-16(12-19(17)26(29)30)23(28)32-14-22(27)25-18-8-4-5-9-21(18)31-13-20(25)15-6-2-1-3-7-15/h1-12,20H,13-14H2. The summed E-state index contributed by atoms with van der Waals surface area (Å²) in [7, 11) is 0. The topological polar surface area (TPSA) is 99.0 Å². The summed E-state index contributed by atoms with van der Waals surface area (Å²) in [6, 6.07) is 19.6. The third kappa shape index (κ3) is 4.26. The zero-order valence-corrected chi connectivity index (χ0v) is 17.4. The van der Waals surface area contributed by atoms with E-state index in [1.165, 1.54) is 12.1 Å². The van der Waals surface area contributed by atoms with Crippen molar-refractivity contribution in [2.45, 2.75) is 6.04 Å². The summed E-state index contributed by atoms with van der Waals surface area (Å²) in [4.78, 5) is 37.5. The van der Waals surface area contributed by atoms with E-state index in [-0.39, 0.29) is 17.2 Å². The van der Waals surface area contributed by atoms with Gasteiger partial charge >= 0.3 is 5.97 Å². The Bertz CT molecular complexity index is 1180. The van der Waals surface area contributed by atoms with Crippen LogP contribution in [0.2, 0.25) is 5.02 Å². The molecule has 0 fully saturated rings. The Kier molecular flexibility index (Phi) is 6.04. The average Bonchev–Trinajstić information content (AvgIpc) is 2.82. The number of fused-ring (bicyclic) bond motifs is 1. The van der Waals surface area contributed by atoms with Crippen molar-refractivity contribution < 1.29 is 24.0 Å². The van der Waals surface area contributed by atoms with E-state index in [0.29, 0.717) is 11.4 Å². The van der Waals surface area contributed by atoms with Gasteiger partial charge in [0, 0.05) is 6.07 Å². The van der Waals surface area contributed by atoms with E-state index >= 15 is 0 Å². The maximum absolute atomic E-state index is 13.2. The number of rotatable bonds is 5. The molecule has 0 saturated carbocycles. The fourth-order valence-corrected chi connectivity index (χ4v) is 3.66. The molecule has 8 nitrogen and oxygen atoms in total. The summed E-state index contributed by atoms with van der Waals surface area (Å²) in [5.41, 5.74) is 0.945. The van der Waals surface area contributed by atoms with E-state index in [1.54, 1.807) is 29.2 Å². The first kappa shape index (κ1) is 21.3. The monoisotopic (exact) mass is 452 g/mol. The number of amides is 1. The van der Waals surface area contributed by atoms with Crippen molar-refractivity contribution in [3.63, 3.8) is 0 Å². The molecule has 3 aromatic carbocycles. The smallest absolute Gasteiger partial charge is 0.338 e. The molecule has 0 saturated heterocycles. The molecule has 0 radical (unpaired) electrons. The molecule has 1 aliphatic heterocycles. The van der Waals surface area contributed by atoms with Crippen molar-refractivity contribution in [1.29, 1.82) is 0 Å². The quantitative estimate of drug-likeness (QED) is 0.319. The largest absolute Gasteiger partial charge is 0.489 e. The summed E-state index contributed by atoms with van der Waals surface area (Å²) >= 11 is 5.78. The van der Waals surface area contributed by atoms with Gasteiger partial charge in [0.2, 0.25) is 0 Å². The Labute approximate surface area is 188 Å². The van der Waals surface area contributed by atoms with Gasteiger partial charge in [0.25, 0.3) is 11.6 Å². The number of nitrogens with zero attached hydrogens (tertiary/aromatic N) is 2. The molecule has 1 unspecified atom stereocenters. The summed E-state index contributed by atoms with van der Waals surface area (Å²) in [6.45, 7) is -0.309. The predicted octanol–water partition coefficient (Wildman–Crippen LogP) is 4.57. The lowest BCUT2D eigenvalue weighted by Gasteiger charge is -2.37. The number of anilines is 1. The summed E-state index contributed by atoms with van der Waals surface area (Å²) < 4.78 is 11.0. The molecule has 0 aliphatic carbocycles. The van der Waals surface area contributed by atoms with Gasteiger partial charge in [0.15, 0.2) is 6.61 Å². The van der Waals surface area contributed by atoms with E-state index < -0.39 is 35.1 Å². The molecular formula is C23H17ClN2O6. The number of carbonyl (C=O) groups is 2. The van der Waals surface area contributed by atoms with Crippen molar-refractivity contribution in [3.05, 3.63) is 99.1 Å². The highest BCUT2D eigenvalue weighted by Crippen LogP contribution is 2.39. The number of ether oxygens (including phenoxy) is 2. The van der Waals surface area contributed by atoms with E-state index in [1.807, 2.05) is 30.3 Å². The van der Waals surface area contributed by atoms with Crippen LogP contribution in [0.1, 0.15) is 22.0 Å². The number of benzene rings is 3. The van der Waals surface area contributed by atoms with Crippen LogP contribution in [-0.2, 0) is 9.53 Å². The van der Waals surface area contributed by atoms with Crippen molar-refractivity contribution in [3.8, 4) is 5.75 Å². The molecule has 0 spiro atoms. The molecule has 32 heavy (non-hydrogen) atoms. The summed E-state index contributed by atoms with van der Waals surface area (Å²) in [5, 5.41) is 11.0. The van der Waals surface area contributed by atoms with E-state index in [2.05, 4.69) is 0 Å². The molecule has 1 aliphatic rings. The first-order chi connectivity index (χ1) is 15.5. The first-order valence-electron chi connectivity index (χ1n) is 9.65. The van der Waals surface area contributed by atoms with Crippen LogP contribution < -0.4 is 9.64 Å². The minimum Gasteiger partial charge on any atom is -0.489 e. The third-order valence-electron chi connectivity index (χ3n) is 4.99. The SMILES string of the molecule is O=C(OCC(=O)N1c2ccccc2OCC1c1ccccc1)c1ccc(Cl)c([N+](=O)[O-])c1. The normalized spacial score (nSPS) is 14.8. The van der Waals surface area contributed by atoms with Crippen molar-refractivity contribution in [2.75, 3.05) is 18.1 Å². The molecule has 0 bridgehead atoms.